The molecule has 0 bridgehead atoms. The van der Waals surface area contributed by atoms with Crippen molar-refractivity contribution >= 4 is 5.95 Å². The zero-order valence-corrected chi connectivity index (χ0v) is 65.0. The van der Waals surface area contributed by atoms with E-state index in [-0.39, 0.29) is 5.69 Å². The molecule has 1 aliphatic rings. The van der Waals surface area contributed by atoms with Gasteiger partial charge >= 0.3 is 11.7 Å². The zero-order valence-electron chi connectivity index (χ0n) is 65.0. The van der Waals surface area contributed by atoms with E-state index in [2.05, 4.69) is 306 Å². The summed E-state index contributed by atoms with van der Waals surface area (Å²) in [6, 6.07) is 52.6. The number of anilines is 1. The van der Waals surface area contributed by atoms with Gasteiger partial charge in [0.2, 0.25) is 5.95 Å². The average Bonchev–Trinajstić information content (AvgIpc) is 1.71. The van der Waals surface area contributed by atoms with E-state index in [9.17, 15) is 4.79 Å². The Hall–Kier alpha value is -10.4. The summed E-state index contributed by atoms with van der Waals surface area (Å²) >= 11 is 0. The number of ether oxygens (including phenoxy) is 1. The van der Waals surface area contributed by atoms with Crippen LogP contribution in [0.15, 0.2) is 219 Å². The van der Waals surface area contributed by atoms with Crippen molar-refractivity contribution in [2.45, 2.75) is 178 Å². The minimum atomic E-state index is -0.316. The molecule has 6 heterocycles. The minimum Gasteiger partial charge on any atom is -0.467 e. The Morgan fingerprint density at radius 2 is 0.827 bits per heavy atom. The Balaban J connectivity index is 0.000000158. The number of aromatic amines is 1. The number of hydrogen-bond acceptors (Lipinski definition) is 11. The molecule has 1 aliphatic carbocycles. The number of hydrogen-bond donors (Lipinski definition) is 1. The van der Waals surface area contributed by atoms with E-state index in [4.69, 9.17) is 4.74 Å². The summed E-state index contributed by atoms with van der Waals surface area (Å²) in [6.07, 6.45) is 26.3. The summed E-state index contributed by atoms with van der Waals surface area (Å²) in [6.45, 7) is 33.9. The van der Waals surface area contributed by atoms with Crippen LogP contribution in [0, 0.1) is 12.8 Å². The van der Waals surface area contributed by atoms with Gasteiger partial charge in [-0.3, -0.25) is 14.0 Å². The second-order valence-corrected chi connectivity index (χ2v) is 29.4. The maximum absolute atomic E-state index is 10.9. The third-order valence-corrected chi connectivity index (χ3v) is 18.3. The van der Waals surface area contributed by atoms with Crippen LogP contribution in [-0.2, 0) is 13.6 Å². The molecule has 0 aliphatic heterocycles. The molecule has 0 atom stereocenters. The molecule has 15 nitrogen and oxygen atoms in total. The van der Waals surface area contributed by atoms with Gasteiger partial charge in [-0.25, -0.2) is 29.7 Å². The van der Waals surface area contributed by atoms with Gasteiger partial charge in [0.05, 0.1) is 31.2 Å². The third-order valence-electron chi connectivity index (χ3n) is 18.3. The van der Waals surface area contributed by atoms with Crippen molar-refractivity contribution in [1.82, 2.24) is 59.2 Å². The molecule has 0 spiro atoms. The molecule has 13 rings (SSSR count). The van der Waals surface area contributed by atoms with Gasteiger partial charge in [0.1, 0.15) is 0 Å². The van der Waals surface area contributed by atoms with E-state index in [0.29, 0.717) is 53.5 Å². The number of aromatic nitrogens is 12. The highest BCUT2D eigenvalue weighted by Crippen LogP contribution is 2.33. The Morgan fingerprint density at radius 1 is 0.452 bits per heavy atom. The number of aryl methyl sites for hydroxylation is 2. The molecule has 12 aromatic rings. The fourth-order valence-corrected chi connectivity index (χ4v) is 11.9. The fraction of sp³-hybridized carbons (Fsp3) is 0.360. The Kier molecular flexibility index (Phi) is 29.5. The maximum Gasteiger partial charge on any atom is 0.344 e. The summed E-state index contributed by atoms with van der Waals surface area (Å²) in [5.74, 6) is 4.62. The van der Waals surface area contributed by atoms with E-state index < -0.39 is 0 Å². The quantitative estimate of drug-likeness (QED) is 0.0923. The number of benzene rings is 6. The van der Waals surface area contributed by atoms with Crippen LogP contribution < -0.4 is 15.3 Å². The van der Waals surface area contributed by atoms with Crippen LogP contribution in [0.2, 0.25) is 0 Å². The van der Waals surface area contributed by atoms with E-state index in [1.165, 1.54) is 98.0 Å². The molecule has 0 unspecified atom stereocenters. The molecule has 6 aromatic carbocycles. The van der Waals surface area contributed by atoms with Crippen molar-refractivity contribution in [2.75, 3.05) is 26.1 Å². The first-order chi connectivity index (χ1) is 49.8. The van der Waals surface area contributed by atoms with Gasteiger partial charge in [-0.2, -0.15) is 15.3 Å². The molecule has 1 fully saturated rings. The van der Waals surface area contributed by atoms with E-state index in [1.807, 2.05) is 72.3 Å². The Bertz CT molecular complexity index is 4600. The number of nitrogens with zero attached hydrogens (tertiary/aromatic N) is 12. The lowest BCUT2D eigenvalue weighted by Gasteiger charge is -2.11. The normalized spacial score (nSPS) is 11.9. The highest BCUT2D eigenvalue weighted by Gasteiger charge is 2.19. The Morgan fingerprint density at radius 3 is 1.20 bits per heavy atom. The van der Waals surface area contributed by atoms with Crippen molar-refractivity contribution in [3.05, 3.63) is 263 Å². The lowest BCUT2D eigenvalue weighted by molar-refractivity contribution is 0.380. The molecule has 6 aromatic heterocycles. The molecular formula is C89H111N13O2. The summed E-state index contributed by atoms with van der Waals surface area (Å²) in [4.78, 5) is 36.0. The van der Waals surface area contributed by atoms with Crippen LogP contribution in [0.4, 0.5) is 5.95 Å². The van der Waals surface area contributed by atoms with Gasteiger partial charge in [-0.05, 0) is 128 Å². The zero-order chi connectivity index (χ0) is 75.0. The van der Waals surface area contributed by atoms with Crippen LogP contribution in [0.3, 0.4) is 0 Å². The second-order valence-electron chi connectivity index (χ2n) is 29.4. The van der Waals surface area contributed by atoms with Crippen LogP contribution >= 0.6 is 0 Å². The first-order valence-electron chi connectivity index (χ1n) is 36.9. The van der Waals surface area contributed by atoms with E-state index in [1.54, 1.807) is 31.9 Å². The summed E-state index contributed by atoms with van der Waals surface area (Å²) < 4.78 is 11.0. The predicted octanol–water partition coefficient (Wildman–Crippen LogP) is 21.8. The summed E-state index contributed by atoms with van der Waals surface area (Å²) in [7, 11) is 7.40. The maximum atomic E-state index is 10.9. The van der Waals surface area contributed by atoms with Gasteiger partial charge in [0, 0.05) is 117 Å². The molecule has 0 amide bonds. The van der Waals surface area contributed by atoms with Gasteiger partial charge in [-0.15, -0.1) is 0 Å². The number of methoxy groups -OCH3 is 1. The monoisotopic (exact) mass is 1390 g/mol. The van der Waals surface area contributed by atoms with Crippen LogP contribution in [0.25, 0.3) is 66.8 Å². The summed E-state index contributed by atoms with van der Waals surface area (Å²) in [5, 5.41) is 13.4. The highest BCUT2D eigenvalue weighted by atomic mass is 16.5. The van der Waals surface area contributed by atoms with Gasteiger partial charge in [0.15, 0.2) is 0 Å². The van der Waals surface area contributed by atoms with Crippen LogP contribution in [0.5, 0.6) is 6.01 Å². The van der Waals surface area contributed by atoms with Gasteiger partial charge < -0.3 is 14.6 Å². The molecular weight excluding hydrogens is 1280 g/mol. The van der Waals surface area contributed by atoms with Crippen molar-refractivity contribution in [3.63, 3.8) is 0 Å². The molecule has 0 saturated heterocycles. The smallest absolute Gasteiger partial charge is 0.344 e. The predicted molar refractivity (Wildman–Crippen MR) is 432 cm³/mol. The average molecular weight is 1390 g/mol. The topological polar surface area (TPSA) is 163 Å². The number of rotatable bonds is 17. The lowest BCUT2D eigenvalue weighted by atomic mass is 9.98. The minimum absolute atomic E-state index is 0.316. The first kappa shape index (κ1) is 79.3. The molecule has 0 radical (unpaired) electrons. The lowest BCUT2D eigenvalue weighted by Crippen LogP contribution is -2.12. The Labute approximate surface area is 619 Å². The van der Waals surface area contributed by atoms with E-state index in [0.717, 1.165) is 46.0 Å². The van der Waals surface area contributed by atoms with E-state index >= 15 is 0 Å². The highest BCUT2D eigenvalue weighted by molar-refractivity contribution is 5.68. The van der Waals surface area contributed by atoms with Gasteiger partial charge in [0.25, 0.3) is 0 Å². The number of nitrogens with one attached hydrogen (secondary N) is 1. The number of H-pyrrole nitrogens is 1. The van der Waals surface area contributed by atoms with Crippen molar-refractivity contribution in [3.8, 4) is 72.8 Å². The van der Waals surface area contributed by atoms with Crippen LogP contribution in [-0.4, -0.2) is 80.5 Å². The molecule has 544 valence electrons. The largest absolute Gasteiger partial charge is 0.467 e. The third kappa shape index (κ3) is 23.6. The molecule has 15 heteroatoms. The van der Waals surface area contributed by atoms with Crippen LogP contribution in [0.1, 0.15) is 203 Å². The first-order valence-corrected chi connectivity index (χ1v) is 36.9. The second kappa shape index (κ2) is 38.7. The standard InChI is InChI=1S/C17H22N2.C16H22N2.C15H19N3.C14H16N2O.C14H18N2.C13H14N2O/c1-13(2)14-6-5-7-15(10-14)16-11-18-19(12-16)17-8-3-4-9-17;1-12(2)10-18-11-16(9-17-18)15-7-5-6-14(8-15)13(3)4;1-11(2)12-6-5-7-13(8-12)14-9-16-15(17-10-14)18(3)4;1-10(2)11-5-4-6-12(7-11)13-8-15-14(17-3)16-9-13;1-10(2)12-6-5-7-13(8-12)14-9-16(4)15-11(14)3;1-9(2)10-4-3-5-11(6-10)12-7-14-13(16)15-8-12/h5-7,10-13,17H,3-4,8-9H2,1-2H3;5-9,11-13H,10H2,1-4H3;5-11H,1-4H3;4-10H,1-3H3;5-10H,1-4H3;3-9H,1-2H3,(H,14,15,16). The molecule has 1 N–H and O–H groups in total. The molecule has 104 heavy (non-hydrogen) atoms. The molecule has 1 saturated carbocycles. The van der Waals surface area contributed by atoms with Crippen molar-refractivity contribution in [1.29, 1.82) is 0 Å². The van der Waals surface area contributed by atoms with Gasteiger partial charge in [-0.1, -0.05) is 255 Å². The SMILES string of the molecule is CC(C)Cn1cc(-c2cccc(C(C)C)c2)cn1.CC(C)c1cccc(-c2cnc(=O)[nH]c2)c1.CC(C)c1cccc(-c2cnc(N(C)C)nc2)c1.CC(C)c1cccc(-c2cnn(C3CCCC3)c2)c1.COc1ncc(-c2cccc(C(C)C)c2)cn1.Cc1nn(C)cc1-c1cccc(C(C)C)c1. The summed E-state index contributed by atoms with van der Waals surface area (Å²) in [5.41, 5.74) is 22.7. The fourth-order valence-electron chi connectivity index (χ4n) is 11.9. The van der Waals surface area contributed by atoms with Crippen molar-refractivity contribution < 1.29 is 4.74 Å². The van der Waals surface area contributed by atoms with Crippen molar-refractivity contribution in [2.24, 2.45) is 13.0 Å².